The van der Waals surface area contributed by atoms with Crippen molar-refractivity contribution >= 4 is 17.5 Å². The summed E-state index contributed by atoms with van der Waals surface area (Å²) in [6.07, 6.45) is 1.55. The first-order chi connectivity index (χ1) is 10.2. The Labute approximate surface area is 125 Å². The van der Waals surface area contributed by atoms with Crippen LogP contribution in [-0.4, -0.2) is 48.1 Å². The first-order valence-electron chi connectivity index (χ1n) is 7.44. The molecule has 0 aliphatic carbocycles. The van der Waals surface area contributed by atoms with E-state index in [-0.39, 0.29) is 24.8 Å². The number of carbonyl (C=O) groups excluding carboxylic acids is 2. The van der Waals surface area contributed by atoms with Crippen molar-refractivity contribution in [3.63, 3.8) is 0 Å². The van der Waals surface area contributed by atoms with Crippen LogP contribution >= 0.6 is 0 Å². The molecule has 114 valence electrons. The number of hydrogen-bond donors (Lipinski definition) is 1. The number of aryl methyl sites for hydroxylation is 1. The molecule has 5 nitrogen and oxygen atoms in total. The van der Waals surface area contributed by atoms with Crippen LogP contribution < -0.4 is 4.90 Å². The van der Waals surface area contributed by atoms with Crippen LogP contribution in [0, 0.1) is 0 Å². The fraction of sp³-hybridized carbons (Fsp3) is 0.500. The number of anilines is 1. The molecule has 0 radical (unpaired) electrons. The van der Waals surface area contributed by atoms with Gasteiger partial charge in [-0.1, -0.05) is 18.2 Å². The maximum Gasteiger partial charge on any atom is 0.227 e. The molecule has 0 saturated heterocycles. The molecule has 1 aliphatic heterocycles. The lowest BCUT2D eigenvalue weighted by Gasteiger charge is -2.30. The summed E-state index contributed by atoms with van der Waals surface area (Å²) in [7, 11) is 0. The average Bonchev–Trinajstić information content (AvgIpc) is 2.51. The van der Waals surface area contributed by atoms with E-state index < -0.39 is 0 Å². The molecule has 2 rings (SSSR count). The summed E-state index contributed by atoms with van der Waals surface area (Å²) >= 11 is 0. The number of nitrogens with zero attached hydrogens (tertiary/aromatic N) is 2. The zero-order valence-electron chi connectivity index (χ0n) is 12.4. The van der Waals surface area contributed by atoms with Crippen molar-refractivity contribution in [2.24, 2.45) is 0 Å². The summed E-state index contributed by atoms with van der Waals surface area (Å²) in [5.74, 6) is 0.0501. The van der Waals surface area contributed by atoms with Crippen molar-refractivity contribution in [1.29, 1.82) is 0 Å². The monoisotopic (exact) mass is 290 g/mol. The highest BCUT2D eigenvalue weighted by Gasteiger charge is 2.24. The molecule has 1 aliphatic rings. The lowest BCUT2D eigenvalue weighted by atomic mass is 10.0. The number of fused-ring (bicyclic) bond motifs is 1. The topological polar surface area (TPSA) is 60.9 Å². The standard InChI is InChI=1S/C16H22N2O3/c1-2-17(11-12-19)15(20)9-10-18-14-6-4-3-5-13(14)7-8-16(18)21/h3-6,19H,2,7-12H2,1H3. The summed E-state index contributed by atoms with van der Waals surface area (Å²) in [4.78, 5) is 27.5. The van der Waals surface area contributed by atoms with Crippen molar-refractivity contribution < 1.29 is 14.7 Å². The second-order valence-corrected chi connectivity index (χ2v) is 5.12. The summed E-state index contributed by atoms with van der Waals surface area (Å²) < 4.78 is 0. The average molecular weight is 290 g/mol. The molecule has 0 bridgehead atoms. The minimum absolute atomic E-state index is 0.0256. The summed E-state index contributed by atoms with van der Waals surface area (Å²) in [6.45, 7) is 3.17. The lowest BCUT2D eigenvalue weighted by Crippen LogP contribution is -2.40. The first-order valence-corrected chi connectivity index (χ1v) is 7.44. The second kappa shape index (κ2) is 7.22. The van der Waals surface area contributed by atoms with E-state index in [4.69, 9.17) is 5.11 Å². The minimum Gasteiger partial charge on any atom is -0.395 e. The fourth-order valence-electron chi connectivity index (χ4n) is 2.69. The number of aliphatic hydroxyl groups is 1. The molecule has 0 saturated carbocycles. The van der Waals surface area contributed by atoms with E-state index in [9.17, 15) is 9.59 Å². The van der Waals surface area contributed by atoms with Gasteiger partial charge in [-0.3, -0.25) is 9.59 Å². The Morgan fingerprint density at radius 1 is 1.33 bits per heavy atom. The highest BCUT2D eigenvalue weighted by molar-refractivity contribution is 5.96. The molecule has 1 aromatic carbocycles. The minimum atomic E-state index is -0.0366. The number of aliphatic hydroxyl groups excluding tert-OH is 1. The molecule has 0 unspecified atom stereocenters. The number of amides is 2. The van der Waals surface area contributed by atoms with E-state index in [0.717, 1.165) is 17.7 Å². The number of para-hydroxylation sites is 1. The Morgan fingerprint density at radius 3 is 2.81 bits per heavy atom. The summed E-state index contributed by atoms with van der Waals surface area (Å²) in [6, 6.07) is 7.84. The SMILES string of the molecule is CCN(CCO)C(=O)CCN1C(=O)CCc2ccccc21. The summed E-state index contributed by atoms with van der Waals surface area (Å²) in [5.41, 5.74) is 2.08. The van der Waals surface area contributed by atoms with Crippen LogP contribution in [0.2, 0.25) is 0 Å². The molecule has 1 N–H and O–H groups in total. The van der Waals surface area contributed by atoms with Gasteiger partial charge < -0.3 is 14.9 Å². The van der Waals surface area contributed by atoms with Crippen molar-refractivity contribution in [3.8, 4) is 0 Å². The van der Waals surface area contributed by atoms with Crippen LogP contribution in [0.4, 0.5) is 5.69 Å². The number of carbonyl (C=O) groups is 2. The maximum absolute atomic E-state index is 12.1. The van der Waals surface area contributed by atoms with E-state index in [2.05, 4.69) is 0 Å². The number of rotatable bonds is 6. The molecule has 0 atom stereocenters. The van der Waals surface area contributed by atoms with Crippen molar-refractivity contribution in [3.05, 3.63) is 29.8 Å². The van der Waals surface area contributed by atoms with E-state index >= 15 is 0 Å². The van der Waals surface area contributed by atoms with Crippen LogP contribution in [0.15, 0.2) is 24.3 Å². The van der Waals surface area contributed by atoms with Gasteiger partial charge in [0.15, 0.2) is 0 Å². The van der Waals surface area contributed by atoms with Crippen LogP contribution in [0.3, 0.4) is 0 Å². The van der Waals surface area contributed by atoms with Gasteiger partial charge in [0.2, 0.25) is 11.8 Å². The molecular formula is C16H22N2O3. The van der Waals surface area contributed by atoms with Gasteiger partial charge in [0, 0.05) is 38.2 Å². The number of hydrogen-bond acceptors (Lipinski definition) is 3. The Kier molecular flexibility index (Phi) is 5.33. The third kappa shape index (κ3) is 3.61. The Morgan fingerprint density at radius 2 is 2.10 bits per heavy atom. The molecule has 1 aromatic rings. The second-order valence-electron chi connectivity index (χ2n) is 5.12. The van der Waals surface area contributed by atoms with Gasteiger partial charge in [-0.15, -0.1) is 0 Å². The Hall–Kier alpha value is -1.88. The van der Waals surface area contributed by atoms with Crippen LogP contribution in [-0.2, 0) is 16.0 Å². The molecule has 21 heavy (non-hydrogen) atoms. The normalized spacial score (nSPS) is 14.0. The van der Waals surface area contributed by atoms with Crippen LogP contribution in [0.5, 0.6) is 0 Å². The predicted octanol–water partition coefficient (Wildman–Crippen LogP) is 1.20. The van der Waals surface area contributed by atoms with E-state index in [1.165, 1.54) is 0 Å². The molecule has 2 amide bonds. The zero-order valence-corrected chi connectivity index (χ0v) is 12.4. The molecular weight excluding hydrogens is 268 g/mol. The van der Waals surface area contributed by atoms with Gasteiger partial charge in [-0.2, -0.15) is 0 Å². The fourth-order valence-corrected chi connectivity index (χ4v) is 2.69. The van der Waals surface area contributed by atoms with Crippen LogP contribution in [0.1, 0.15) is 25.3 Å². The highest BCUT2D eigenvalue weighted by atomic mass is 16.3. The van der Waals surface area contributed by atoms with E-state index in [0.29, 0.717) is 26.1 Å². The number of benzene rings is 1. The van der Waals surface area contributed by atoms with E-state index in [1.54, 1.807) is 9.80 Å². The number of likely N-dealkylation sites (N-methyl/N-ethyl adjacent to an activating group) is 1. The van der Waals surface area contributed by atoms with Crippen LogP contribution in [0.25, 0.3) is 0 Å². The molecule has 0 aromatic heterocycles. The molecule has 0 spiro atoms. The van der Waals surface area contributed by atoms with Crippen molar-refractivity contribution in [1.82, 2.24) is 4.90 Å². The van der Waals surface area contributed by atoms with E-state index in [1.807, 2.05) is 31.2 Å². The summed E-state index contributed by atoms with van der Waals surface area (Å²) in [5, 5.41) is 8.95. The zero-order chi connectivity index (χ0) is 15.2. The molecule has 5 heteroatoms. The third-order valence-corrected chi connectivity index (χ3v) is 3.85. The quantitative estimate of drug-likeness (QED) is 0.856. The Balaban J connectivity index is 2.02. The molecule has 0 fully saturated rings. The lowest BCUT2D eigenvalue weighted by molar-refractivity contribution is -0.131. The molecule has 1 heterocycles. The predicted molar refractivity (Wildman–Crippen MR) is 81.1 cm³/mol. The van der Waals surface area contributed by atoms with Crippen molar-refractivity contribution in [2.75, 3.05) is 31.1 Å². The smallest absolute Gasteiger partial charge is 0.227 e. The highest BCUT2D eigenvalue weighted by Crippen LogP contribution is 2.27. The maximum atomic E-state index is 12.1. The van der Waals surface area contributed by atoms with Gasteiger partial charge in [0.05, 0.1) is 6.61 Å². The Bertz CT molecular complexity index is 516. The van der Waals surface area contributed by atoms with Gasteiger partial charge in [-0.05, 0) is 25.0 Å². The van der Waals surface area contributed by atoms with Gasteiger partial charge in [0.1, 0.15) is 0 Å². The van der Waals surface area contributed by atoms with Crippen molar-refractivity contribution in [2.45, 2.75) is 26.2 Å². The van der Waals surface area contributed by atoms with Gasteiger partial charge in [-0.25, -0.2) is 0 Å². The largest absolute Gasteiger partial charge is 0.395 e. The van der Waals surface area contributed by atoms with Gasteiger partial charge >= 0.3 is 0 Å². The third-order valence-electron chi connectivity index (χ3n) is 3.85. The van der Waals surface area contributed by atoms with Gasteiger partial charge in [0.25, 0.3) is 0 Å². The first kappa shape index (κ1) is 15.5.